The van der Waals surface area contributed by atoms with E-state index in [1.54, 1.807) is 39.2 Å². The second-order valence-corrected chi connectivity index (χ2v) is 14.4. The van der Waals surface area contributed by atoms with Crippen LogP contribution in [0, 0.1) is 13.8 Å². The molecule has 8 heterocycles. The lowest BCUT2D eigenvalue weighted by Gasteiger charge is -2.10. The molecule has 19 heteroatoms. The smallest absolute Gasteiger partial charge is 0.245 e. The molecule has 0 aliphatic heterocycles. The number of nitrogens with zero attached hydrogens (tertiary/aromatic N) is 14. The van der Waals surface area contributed by atoms with E-state index >= 15 is 0 Å². The van der Waals surface area contributed by atoms with E-state index in [9.17, 15) is 0 Å². The molecule has 0 aliphatic carbocycles. The summed E-state index contributed by atoms with van der Waals surface area (Å²) in [6.45, 7) is 13.3. The lowest BCUT2D eigenvalue weighted by molar-refractivity contribution is 0.557. The Kier molecular flexibility index (Phi) is 11.7. The first-order valence-corrected chi connectivity index (χ1v) is 18.4. The zero-order valence-electron chi connectivity index (χ0n) is 32.6. The van der Waals surface area contributed by atoms with Crippen molar-refractivity contribution in [3.8, 4) is 11.6 Å². The predicted molar refractivity (Wildman–Crippen MR) is 211 cm³/mol. The average Bonchev–Trinajstić information content (AvgIpc) is 4.01. The molecule has 55 heavy (non-hydrogen) atoms. The van der Waals surface area contributed by atoms with Crippen LogP contribution in [0.3, 0.4) is 0 Å². The molecule has 0 spiro atoms. The third-order valence-electron chi connectivity index (χ3n) is 8.27. The molecule has 2 N–H and O–H groups in total. The highest BCUT2D eigenvalue weighted by molar-refractivity contribution is 9.10. The van der Waals surface area contributed by atoms with Gasteiger partial charge in [-0.15, -0.1) is 0 Å². The number of aryl methyl sites for hydroxylation is 6. The first-order chi connectivity index (χ1) is 26.3. The molecule has 0 saturated carbocycles. The molecule has 0 atom stereocenters. The Hall–Kier alpha value is -5.98. The Balaban J connectivity index is 0.000000165. The zero-order valence-corrected chi connectivity index (χ0v) is 34.2. The van der Waals surface area contributed by atoms with Gasteiger partial charge in [-0.3, -0.25) is 18.7 Å². The van der Waals surface area contributed by atoms with E-state index in [2.05, 4.69) is 104 Å². The minimum absolute atomic E-state index is 0.263. The summed E-state index contributed by atoms with van der Waals surface area (Å²) in [5, 5.41) is 26.8. The molecular weight excluding hydrogens is 768 g/mol. The van der Waals surface area contributed by atoms with Gasteiger partial charge in [0.25, 0.3) is 0 Å². The van der Waals surface area contributed by atoms with Crippen LogP contribution in [0.5, 0.6) is 0 Å². The number of fused-ring (bicyclic) bond motifs is 2. The van der Waals surface area contributed by atoms with Crippen molar-refractivity contribution in [2.24, 2.45) is 28.2 Å². The Morgan fingerprint density at radius 3 is 1.64 bits per heavy atom. The van der Waals surface area contributed by atoms with Crippen LogP contribution in [0.15, 0.2) is 57.1 Å². The summed E-state index contributed by atoms with van der Waals surface area (Å²) >= 11 is 3.47. The molecule has 8 rings (SSSR count). The molecule has 0 bridgehead atoms. The minimum Gasteiger partial charge on any atom is -0.452 e. The van der Waals surface area contributed by atoms with Gasteiger partial charge in [-0.25, -0.2) is 29.9 Å². The van der Waals surface area contributed by atoms with Crippen LogP contribution in [-0.2, 0) is 41.3 Å². The molecule has 0 saturated heterocycles. The molecule has 0 unspecified atom stereocenters. The summed E-state index contributed by atoms with van der Waals surface area (Å²) in [5.74, 6) is 2.53. The van der Waals surface area contributed by atoms with Crippen LogP contribution < -0.4 is 10.6 Å². The summed E-state index contributed by atoms with van der Waals surface area (Å²) < 4.78 is 17.9. The molecule has 8 aromatic rings. The maximum Gasteiger partial charge on any atom is 0.245 e. The Morgan fingerprint density at radius 2 is 1.22 bits per heavy atom. The maximum atomic E-state index is 5.56. The van der Waals surface area contributed by atoms with Gasteiger partial charge in [0.2, 0.25) is 5.89 Å². The summed E-state index contributed by atoms with van der Waals surface area (Å²) in [6, 6.07) is 3.92. The highest BCUT2D eigenvalue weighted by atomic mass is 79.9. The first kappa shape index (κ1) is 38.7. The van der Waals surface area contributed by atoms with E-state index in [1.165, 1.54) is 6.39 Å². The van der Waals surface area contributed by atoms with Crippen LogP contribution in [-0.4, -0.2) is 69.0 Å². The number of nitrogens with one attached hydrogen (secondary N) is 2. The van der Waals surface area contributed by atoms with Gasteiger partial charge >= 0.3 is 0 Å². The molecule has 0 radical (unpaired) electrons. The molecule has 288 valence electrons. The molecule has 8 aromatic heterocycles. The van der Waals surface area contributed by atoms with Crippen LogP contribution in [0.25, 0.3) is 33.7 Å². The van der Waals surface area contributed by atoms with Crippen molar-refractivity contribution in [2.75, 3.05) is 10.6 Å². The van der Waals surface area contributed by atoms with Crippen LogP contribution in [0.2, 0.25) is 0 Å². The first-order valence-electron chi connectivity index (χ1n) is 17.6. The number of rotatable bonds is 9. The predicted octanol–water partition coefficient (Wildman–Crippen LogP) is 6.37. The number of aromatic nitrogens is 14. The van der Waals surface area contributed by atoms with E-state index < -0.39 is 0 Å². The SMILES string of the molecule is CC(C)c1nn(C)c2nc(Br)cc(NCc3ncn(C)n3)c12.Cc1coc(-c2cc(NCc3ncn(C)n3)c3c(C(C)C)nn(C)c3n2)n1.Cc1cocn1. The van der Waals surface area contributed by atoms with E-state index in [4.69, 9.17) is 9.40 Å². The Labute approximate surface area is 326 Å². The third kappa shape index (κ3) is 9.05. The van der Waals surface area contributed by atoms with Gasteiger partial charge in [-0.05, 0) is 53.7 Å². The fourth-order valence-corrected chi connectivity index (χ4v) is 6.14. The fraction of sp³-hybridized carbons (Fsp3) is 0.389. The van der Waals surface area contributed by atoms with Gasteiger partial charge in [0.1, 0.15) is 35.5 Å². The van der Waals surface area contributed by atoms with Gasteiger partial charge < -0.3 is 19.5 Å². The van der Waals surface area contributed by atoms with E-state index in [-0.39, 0.29) is 5.92 Å². The molecule has 0 amide bonds. The quantitative estimate of drug-likeness (QED) is 0.152. The lowest BCUT2D eigenvalue weighted by Crippen LogP contribution is -2.04. The molecule has 0 fully saturated rings. The standard InChI is InChI=1S/C18H22N8O.C14H18BrN7.C4H5NO/c1-10(2)16-15-12(19-7-14-20-9-25(4)23-14)6-13(18-21-11(3)8-27-18)22-17(15)26(5)24-16;1-8(2)13-12-9(16-6-11-17-7-21(3)19-11)5-10(15)18-14(12)22(4)20-13;1-4-2-6-3-5-4/h6,8-10H,7H2,1-5H3,(H,19,22);5,7-8H,6H2,1-4H3,(H,16,18);2-3H,1H3. The highest BCUT2D eigenvalue weighted by Gasteiger charge is 2.21. The van der Waals surface area contributed by atoms with Crippen molar-refractivity contribution in [3.05, 3.63) is 82.7 Å². The second kappa shape index (κ2) is 16.6. The highest BCUT2D eigenvalue weighted by Crippen LogP contribution is 2.34. The van der Waals surface area contributed by atoms with E-state index in [0.29, 0.717) is 36.4 Å². The summed E-state index contributed by atoms with van der Waals surface area (Å²) in [4.78, 5) is 26.0. The molecule has 0 aromatic carbocycles. The van der Waals surface area contributed by atoms with Gasteiger partial charge in [0.05, 0.1) is 52.3 Å². The maximum absolute atomic E-state index is 5.56. The van der Waals surface area contributed by atoms with Gasteiger partial charge in [-0.2, -0.15) is 20.4 Å². The van der Waals surface area contributed by atoms with Gasteiger partial charge in [-0.1, -0.05) is 27.7 Å². The largest absolute Gasteiger partial charge is 0.452 e. The number of hydrogen-bond donors (Lipinski definition) is 2. The van der Waals surface area contributed by atoms with Crippen molar-refractivity contribution >= 4 is 49.4 Å². The third-order valence-corrected chi connectivity index (χ3v) is 8.67. The number of anilines is 2. The Morgan fingerprint density at radius 1 is 0.673 bits per heavy atom. The number of pyridine rings is 2. The average molecular weight is 814 g/mol. The summed E-state index contributed by atoms with van der Waals surface area (Å²) in [6.07, 6.45) is 8.01. The second-order valence-electron chi connectivity index (χ2n) is 13.6. The number of oxazole rings is 2. The fourth-order valence-electron chi connectivity index (χ4n) is 5.74. The summed E-state index contributed by atoms with van der Waals surface area (Å²) in [5.41, 5.74) is 7.96. The van der Waals surface area contributed by atoms with Gasteiger partial charge in [0.15, 0.2) is 29.3 Å². The van der Waals surface area contributed by atoms with Crippen LogP contribution in [0.4, 0.5) is 11.4 Å². The van der Waals surface area contributed by atoms with Crippen molar-refractivity contribution in [1.29, 1.82) is 0 Å². The van der Waals surface area contributed by atoms with Crippen molar-refractivity contribution in [1.82, 2.24) is 69.0 Å². The monoisotopic (exact) mass is 812 g/mol. The molecule has 0 aliphatic rings. The Bertz CT molecular complexity index is 2500. The topological polar surface area (TPSA) is 199 Å². The summed E-state index contributed by atoms with van der Waals surface area (Å²) in [7, 11) is 7.52. The molecular formula is C36H45BrN16O2. The van der Waals surface area contributed by atoms with Crippen LogP contribution in [0.1, 0.15) is 74.0 Å². The van der Waals surface area contributed by atoms with Gasteiger partial charge in [0, 0.05) is 33.9 Å². The zero-order chi connectivity index (χ0) is 39.4. The van der Waals surface area contributed by atoms with Crippen molar-refractivity contribution in [3.63, 3.8) is 0 Å². The van der Waals surface area contributed by atoms with E-state index in [0.717, 1.165) is 66.6 Å². The lowest BCUT2D eigenvalue weighted by atomic mass is 10.1. The number of halogens is 1. The minimum atomic E-state index is 0.263. The normalized spacial score (nSPS) is 11.3. The number of hydrogen-bond acceptors (Lipinski definition) is 14. The van der Waals surface area contributed by atoms with Crippen LogP contribution >= 0.6 is 15.9 Å². The molecule has 18 nitrogen and oxygen atoms in total. The van der Waals surface area contributed by atoms with Crippen molar-refractivity contribution < 1.29 is 8.83 Å². The van der Waals surface area contributed by atoms with E-state index in [1.807, 2.05) is 58.9 Å². The van der Waals surface area contributed by atoms with Crippen molar-refractivity contribution in [2.45, 2.75) is 66.5 Å².